The van der Waals surface area contributed by atoms with Crippen molar-refractivity contribution >= 4 is 55.9 Å². The van der Waals surface area contributed by atoms with E-state index in [2.05, 4.69) is 286 Å². The molecular formula is C78H64N2. The second-order valence-corrected chi connectivity index (χ2v) is 23.7. The minimum Gasteiger partial charge on any atom is -0.334 e. The number of aryl methyl sites for hydroxylation is 1. The van der Waals surface area contributed by atoms with Crippen molar-refractivity contribution in [1.29, 1.82) is 0 Å². The van der Waals surface area contributed by atoms with E-state index in [1.807, 2.05) is 0 Å². The smallest absolute Gasteiger partial charge is 0.0560 e. The van der Waals surface area contributed by atoms with Gasteiger partial charge in [-0.1, -0.05) is 216 Å². The standard InChI is InChI=1S/C78H64N2/c1-77(2)70-34-20-18-30-62(70)64-46-44-58(48-72(64)77)79(54-24-10-6-11-25-54)56-40-36-52(37-41-56)69-50-68(51-22-8-5-9-23-51)74(76-67-33-17-15-29-61(67)60-28-14-16-32-66(60)75(69)76)53-38-42-57(43-39-53)80(55-26-12-7-13-27-55)59-45-47-65-63-31-19-21-35-71(63)78(3,4)73(65)49-59/h5-6,8-12,14,16-28,30-40,42-50,56H,7,13,15,29,41H2,1-4H3. The number of nitrogens with zero attached hydrogens (tertiary/aromatic N) is 2. The summed E-state index contributed by atoms with van der Waals surface area (Å²) in [5.41, 5.74) is 27.0. The van der Waals surface area contributed by atoms with Crippen LogP contribution in [0, 0.1) is 0 Å². The summed E-state index contributed by atoms with van der Waals surface area (Å²) >= 11 is 0. The Balaban J connectivity index is 0.884. The molecule has 1 atom stereocenters. The van der Waals surface area contributed by atoms with E-state index in [1.165, 1.54) is 133 Å². The van der Waals surface area contributed by atoms with Gasteiger partial charge in [-0.3, -0.25) is 0 Å². The van der Waals surface area contributed by atoms with E-state index < -0.39 is 0 Å². The van der Waals surface area contributed by atoms with Crippen molar-refractivity contribution in [3.8, 4) is 44.5 Å². The Kier molecular flexibility index (Phi) is 11.4. The van der Waals surface area contributed by atoms with E-state index in [0.29, 0.717) is 0 Å². The van der Waals surface area contributed by atoms with Crippen LogP contribution < -0.4 is 9.80 Å². The van der Waals surface area contributed by atoms with Gasteiger partial charge >= 0.3 is 0 Å². The number of rotatable bonds is 9. The lowest BCUT2D eigenvalue weighted by Crippen LogP contribution is -2.30. The molecule has 386 valence electrons. The van der Waals surface area contributed by atoms with Crippen LogP contribution >= 0.6 is 0 Å². The number of allylic oxidation sites excluding steroid dienone is 6. The van der Waals surface area contributed by atoms with Gasteiger partial charge in [0.1, 0.15) is 0 Å². The first-order chi connectivity index (χ1) is 39.2. The third kappa shape index (κ3) is 7.60. The molecule has 0 spiro atoms. The summed E-state index contributed by atoms with van der Waals surface area (Å²) < 4.78 is 0. The fraction of sp³-hybridized carbons (Fsp3) is 0.154. The van der Waals surface area contributed by atoms with Crippen molar-refractivity contribution < 1.29 is 0 Å². The Labute approximate surface area is 471 Å². The molecule has 10 aromatic carbocycles. The molecule has 80 heavy (non-hydrogen) atoms. The molecule has 0 radical (unpaired) electrons. The predicted molar refractivity (Wildman–Crippen MR) is 340 cm³/mol. The molecule has 0 amide bonds. The van der Waals surface area contributed by atoms with Gasteiger partial charge in [0.2, 0.25) is 0 Å². The highest BCUT2D eigenvalue weighted by atomic mass is 15.2. The van der Waals surface area contributed by atoms with Crippen molar-refractivity contribution in [2.75, 3.05) is 9.80 Å². The lowest BCUT2D eigenvalue weighted by Gasteiger charge is -2.34. The van der Waals surface area contributed by atoms with Crippen molar-refractivity contribution in [1.82, 2.24) is 0 Å². The Bertz CT molecular complexity index is 4310. The van der Waals surface area contributed by atoms with Crippen LogP contribution in [-0.2, 0) is 17.3 Å². The van der Waals surface area contributed by atoms with Gasteiger partial charge < -0.3 is 9.80 Å². The average molecular weight is 1030 g/mol. The quantitative estimate of drug-likeness (QED) is 0.133. The molecule has 15 rings (SSSR count). The van der Waals surface area contributed by atoms with E-state index in [1.54, 1.807) is 0 Å². The highest BCUT2D eigenvalue weighted by Crippen LogP contribution is 2.54. The van der Waals surface area contributed by atoms with E-state index in [4.69, 9.17) is 0 Å². The summed E-state index contributed by atoms with van der Waals surface area (Å²) in [7, 11) is 0. The predicted octanol–water partition coefficient (Wildman–Crippen LogP) is 20.8. The molecule has 0 saturated carbocycles. The molecule has 0 heterocycles. The second kappa shape index (κ2) is 18.9. The molecule has 0 fully saturated rings. The number of anilines is 4. The van der Waals surface area contributed by atoms with Crippen LogP contribution in [0.1, 0.15) is 92.3 Å². The maximum absolute atomic E-state index is 2.56. The van der Waals surface area contributed by atoms with Crippen molar-refractivity contribution in [2.24, 2.45) is 0 Å². The molecule has 5 aliphatic rings. The van der Waals surface area contributed by atoms with Crippen LogP contribution in [0.15, 0.2) is 248 Å². The molecule has 2 nitrogen and oxygen atoms in total. The summed E-state index contributed by atoms with van der Waals surface area (Å²) in [4.78, 5) is 5.04. The van der Waals surface area contributed by atoms with E-state index >= 15 is 0 Å². The van der Waals surface area contributed by atoms with Crippen LogP contribution in [0.4, 0.5) is 22.7 Å². The summed E-state index contributed by atoms with van der Waals surface area (Å²) in [6, 6.07) is 75.8. The normalized spacial score (nSPS) is 16.8. The van der Waals surface area contributed by atoms with Gasteiger partial charge in [-0.15, -0.1) is 0 Å². The van der Waals surface area contributed by atoms with Crippen LogP contribution in [0.5, 0.6) is 0 Å². The minimum absolute atomic E-state index is 0.0958. The third-order valence-corrected chi connectivity index (χ3v) is 18.4. The van der Waals surface area contributed by atoms with Gasteiger partial charge in [-0.05, 0) is 203 Å². The van der Waals surface area contributed by atoms with E-state index in [0.717, 1.165) is 37.8 Å². The van der Waals surface area contributed by atoms with Crippen molar-refractivity contribution in [3.63, 3.8) is 0 Å². The van der Waals surface area contributed by atoms with Gasteiger partial charge in [0.05, 0.1) is 6.04 Å². The first kappa shape index (κ1) is 48.2. The topological polar surface area (TPSA) is 6.48 Å². The van der Waals surface area contributed by atoms with Crippen molar-refractivity contribution in [2.45, 2.75) is 76.7 Å². The summed E-state index contributed by atoms with van der Waals surface area (Å²) in [5, 5.41) is 5.32. The van der Waals surface area contributed by atoms with Crippen LogP contribution in [0.3, 0.4) is 0 Å². The number of benzene rings is 10. The van der Waals surface area contributed by atoms with Gasteiger partial charge in [-0.2, -0.15) is 0 Å². The van der Waals surface area contributed by atoms with Crippen LogP contribution in [0.25, 0.3) is 77.7 Å². The highest BCUT2D eigenvalue weighted by molar-refractivity contribution is 6.23. The molecule has 2 heteroatoms. The molecule has 0 saturated heterocycles. The molecule has 0 aliphatic heterocycles. The summed E-state index contributed by atoms with van der Waals surface area (Å²) in [6.45, 7) is 9.52. The molecule has 10 aromatic rings. The summed E-state index contributed by atoms with van der Waals surface area (Å²) in [5.74, 6) is 0. The zero-order chi connectivity index (χ0) is 53.7. The number of fused-ring (bicyclic) bond motifs is 12. The minimum atomic E-state index is -0.102. The lowest BCUT2D eigenvalue weighted by atomic mass is 9.78. The maximum Gasteiger partial charge on any atom is 0.0560 e. The van der Waals surface area contributed by atoms with Crippen LogP contribution in [-0.4, -0.2) is 6.04 Å². The van der Waals surface area contributed by atoms with E-state index in [9.17, 15) is 0 Å². The Morgan fingerprint density at radius 2 is 1.01 bits per heavy atom. The number of hydrogen-bond acceptors (Lipinski definition) is 2. The molecule has 0 aromatic heterocycles. The van der Waals surface area contributed by atoms with Gasteiger partial charge in [-0.25, -0.2) is 0 Å². The summed E-state index contributed by atoms with van der Waals surface area (Å²) in [6.07, 6.45) is 24.3. The molecule has 0 N–H and O–H groups in total. The lowest BCUT2D eigenvalue weighted by molar-refractivity contribution is 0.659. The zero-order valence-corrected chi connectivity index (χ0v) is 46.2. The number of para-hydroxylation sites is 1. The number of hydrogen-bond donors (Lipinski definition) is 0. The van der Waals surface area contributed by atoms with Gasteiger partial charge in [0.25, 0.3) is 0 Å². The molecule has 1 unspecified atom stereocenters. The Morgan fingerprint density at radius 3 is 1.69 bits per heavy atom. The first-order valence-corrected chi connectivity index (χ1v) is 29.0. The largest absolute Gasteiger partial charge is 0.334 e. The molecular weight excluding hydrogens is 965 g/mol. The monoisotopic (exact) mass is 1030 g/mol. The third-order valence-electron chi connectivity index (χ3n) is 18.4. The van der Waals surface area contributed by atoms with Gasteiger partial charge in [0, 0.05) is 39.3 Å². The van der Waals surface area contributed by atoms with Crippen LogP contribution in [0.2, 0.25) is 0 Å². The van der Waals surface area contributed by atoms with Gasteiger partial charge in [0.15, 0.2) is 0 Å². The Hall–Kier alpha value is -8.98. The second-order valence-electron chi connectivity index (χ2n) is 23.7. The first-order valence-electron chi connectivity index (χ1n) is 29.0. The fourth-order valence-corrected chi connectivity index (χ4v) is 14.5. The maximum atomic E-state index is 2.56. The zero-order valence-electron chi connectivity index (χ0n) is 46.2. The SMILES string of the molecule is CC1(C)c2ccccc2-c2ccc(N(C3=CCCC=C3)c3ccc(-c4c(-c5ccccc5)cc(C5=CCC(N(c6ccccc6)c6ccc7c(c6)C(C)(C)c6ccccc6-7)C=C5)c5c4c4c(c6ccccc65)CCC=C4)cc3)cc21. The van der Waals surface area contributed by atoms with Crippen molar-refractivity contribution in [3.05, 3.63) is 287 Å². The Morgan fingerprint density at radius 1 is 0.412 bits per heavy atom. The van der Waals surface area contributed by atoms with E-state index in [-0.39, 0.29) is 16.9 Å². The fourth-order valence-electron chi connectivity index (χ4n) is 14.5. The average Bonchev–Trinajstić information content (AvgIpc) is 3.92. The molecule has 0 bridgehead atoms. The highest BCUT2D eigenvalue weighted by Gasteiger charge is 2.38. The molecule has 5 aliphatic carbocycles.